The summed E-state index contributed by atoms with van der Waals surface area (Å²) in [6.45, 7) is 3.39. The molecule has 4 rings (SSSR count). The van der Waals surface area contributed by atoms with E-state index in [1.807, 2.05) is 11.8 Å². The average molecular weight is 504 g/mol. The Morgan fingerprint density at radius 3 is 2.11 bits per heavy atom. The monoisotopic (exact) mass is 503 g/mol. The molecule has 1 fully saturated rings. The lowest BCUT2D eigenvalue weighted by atomic mass is 10.1. The Labute approximate surface area is 202 Å². The van der Waals surface area contributed by atoms with E-state index in [9.17, 15) is 26.4 Å². The molecule has 1 amide bonds. The van der Waals surface area contributed by atoms with E-state index in [0.29, 0.717) is 43.1 Å². The van der Waals surface area contributed by atoms with Gasteiger partial charge in [0.1, 0.15) is 0 Å². The molecule has 1 aliphatic rings. The van der Waals surface area contributed by atoms with Crippen molar-refractivity contribution in [3.63, 3.8) is 0 Å². The van der Waals surface area contributed by atoms with Crippen LogP contribution in [-0.2, 0) is 16.2 Å². The van der Waals surface area contributed by atoms with Crippen LogP contribution < -0.4 is 9.62 Å². The maximum Gasteiger partial charge on any atom is 0.416 e. The lowest BCUT2D eigenvalue weighted by molar-refractivity contribution is -0.137. The Kier molecular flexibility index (Phi) is 6.75. The quantitative estimate of drug-likeness (QED) is 0.544. The molecule has 3 aromatic rings. The van der Waals surface area contributed by atoms with Gasteiger partial charge in [0.2, 0.25) is 0 Å². The van der Waals surface area contributed by atoms with Crippen LogP contribution in [0.2, 0.25) is 0 Å². The second kappa shape index (κ2) is 9.61. The van der Waals surface area contributed by atoms with Crippen LogP contribution in [-0.4, -0.2) is 45.4 Å². The summed E-state index contributed by atoms with van der Waals surface area (Å²) >= 11 is 0. The number of benzene rings is 3. The highest BCUT2D eigenvalue weighted by atomic mass is 32.2. The minimum atomic E-state index is -4.41. The number of sulfonamides is 1. The normalized spacial score (nSPS) is 14.6. The van der Waals surface area contributed by atoms with Gasteiger partial charge in [-0.1, -0.05) is 23.8 Å². The van der Waals surface area contributed by atoms with Crippen molar-refractivity contribution >= 4 is 27.3 Å². The van der Waals surface area contributed by atoms with Crippen LogP contribution in [0.15, 0.2) is 77.7 Å². The third kappa shape index (κ3) is 5.76. The molecule has 1 N–H and O–H groups in total. The van der Waals surface area contributed by atoms with Crippen LogP contribution in [0, 0.1) is 6.92 Å². The largest absolute Gasteiger partial charge is 0.416 e. The summed E-state index contributed by atoms with van der Waals surface area (Å²) in [6.07, 6.45) is -4.41. The van der Waals surface area contributed by atoms with Gasteiger partial charge < -0.3 is 9.80 Å². The smallest absolute Gasteiger partial charge is 0.368 e. The topological polar surface area (TPSA) is 69.7 Å². The first-order chi connectivity index (χ1) is 16.5. The van der Waals surface area contributed by atoms with Crippen molar-refractivity contribution in [2.75, 3.05) is 35.8 Å². The molecule has 0 bridgehead atoms. The van der Waals surface area contributed by atoms with E-state index in [4.69, 9.17) is 0 Å². The molecule has 3 aromatic carbocycles. The maximum atomic E-state index is 13.0. The number of hydrogen-bond donors (Lipinski definition) is 1. The molecule has 0 spiro atoms. The second-order valence-corrected chi connectivity index (χ2v) is 10.0. The molecule has 184 valence electrons. The number of nitrogens with zero attached hydrogens (tertiary/aromatic N) is 2. The molecule has 10 heteroatoms. The molecule has 0 saturated carbocycles. The number of carbonyl (C=O) groups is 1. The fourth-order valence-electron chi connectivity index (χ4n) is 3.84. The molecule has 0 unspecified atom stereocenters. The molecule has 35 heavy (non-hydrogen) atoms. The SMILES string of the molecule is Cc1ccc(S(=O)(=O)Nc2ccc(C(=O)N3CCN(c4cccc(C(F)(F)F)c4)CC3)cc2)cc1. The Balaban J connectivity index is 1.37. The summed E-state index contributed by atoms with van der Waals surface area (Å²) in [5.41, 5.74) is 1.44. The fourth-order valence-corrected chi connectivity index (χ4v) is 4.90. The number of piperazine rings is 1. The Bertz CT molecular complexity index is 1300. The van der Waals surface area contributed by atoms with Crippen LogP contribution >= 0.6 is 0 Å². The number of carbonyl (C=O) groups excluding carboxylic acids is 1. The molecule has 1 aliphatic heterocycles. The number of aryl methyl sites for hydroxylation is 1. The van der Waals surface area contributed by atoms with Gasteiger partial charge in [-0.05, 0) is 61.5 Å². The number of hydrogen-bond acceptors (Lipinski definition) is 4. The Morgan fingerprint density at radius 2 is 1.51 bits per heavy atom. The Hall–Kier alpha value is -3.53. The van der Waals surface area contributed by atoms with Gasteiger partial charge in [-0.3, -0.25) is 9.52 Å². The van der Waals surface area contributed by atoms with Crippen LogP contribution in [0.4, 0.5) is 24.5 Å². The zero-order valence-corrected chi connectivity index (χ0v) is 19.7. The van der Waals surface area contributed by atoms with Crippen molar-refractivity contribution in [2.24, 2.45) is 0 Å². The van der Waals surface area contributed by atoms with E-state index >= 15 is 0 Å². The summed E-state index contributed by atoms with van der Waals surface area (Å²) < 4.78 is 66.6. The first-order valence-electron chi connectivity index (χ1n) is 10.9. The third-order valence-electron chi connectivity index (χ3n) is 5.82. The molecule has 0 aliphatic carbocycles. The summed E-state index contributed by atoms with van der Waals surface area (Å²) in [5, 5.41) is 0. The lowest BCUT2D eigenvalue weighted by Crippen LogP contribution is -2.48. The summed E-state index contributed by atoms with van der Waals surface area (Å²) in [5.74, 6) is -0.221. The number of amides is 1. The number of nitrogens with one attached hydrogen (secondary N) is 1. The maximum absolute atomic E-state index is 13.0. The Morgan fingerprint density at radius 1 is 0.886 bits per heavy atom. The van der Waals surface area contributed by atoms with Crippen LogP contribution in [0.5, 0.6) is 0 Å². The zero-order chi connectivity index (χ0) is 25.2. The highest BCUT2D eigenvalue weighted by Crippen LogP contribution is 2.32. The highest BCUT2D eigenvalue weighted by Gasteiger charge is 2.31. The van der Waals surface area contributed by atoms with E-state index in [-0.39, 0.29) is 10.8 Å². The number of anilines is 2. The molecular weight excluding hydrogens is 479 g/mol. The van der Waals surface area contributed by atoms with Crippen LogP contribution in [0.1, 0.15) is 21.5 Å². The van der Waals surface area contributed by atoms with Gasteiger partial charge in [0, 0.05) is 43.1 Å². The predicted octanol–water partition coefficient (Wildman–Crippen LogP) is 4.78. The van der Waals surface area contributed by atoms with Crippen molar-refractivity contribution in [3.8, 4) is 0 Å². The molecule has 1 heterocycles. The predicted molar refractivity (Wildman–Crippen MR) is 128 cm³/mol. The van der Waals surface area contributed by atoms with Crippen molar-refractivity contribution < 1.29 is 26.4 Å². The molecule has 6 nitrogen and oxygen atoms in total. The molecule has 0 aromatic heterocycles. The first-order valence-corrected chi connectivity index (χ1v) is 12.4. The average Bonchev–Trinajstić information content (AvgIpc) is 2.84. The van der Waals surface area contributed by atoms with Gasteiger partial charge in [0.05, 0.1) is 10.5 Å². The summed E-state index contributed by atoms with van der Waals surface area (Å²) in [7, 11) is -3.75. The van der Waals surface area contributed by atoms with E-state index in [1.165, 1.54) is 30.3 Å². The standard InChI is InChI=1S/C25H24F3N3O3S/c1-18-5-11-23(12-6-18)35(33,34)29-21-9-7-19(8-10-21)24(32)31-15-13-30(14-16-31)22-4-2-3-20(17-22)25(26,27)28/h2-12,17,29H,13-16H2,1H3. The van der Waals surface area contributed by atoms with E-state index in [0.717, 1.165) is 17.7 Å². The summed E-state index contributed by atoms with van der Waals surface area (Å²) in [4.78, 5) is 16.5. The van der Waals surface area contributed by atoms with E-state index in [1.54, 1.807) is 35.2 Å². The number of halogens is 3. The summed E-state index contributed by atoms with van der Waals surface area (Å²) in [6, 6.07) is 17.8. The van der Waals surface area contributed by atoms with Crippen molar-refractivity contribution in [1.82, 2.24) is 4.90 Å². The zero-order valence-electron chi connectivity index (χ0n) is 18.9. The highest BCUT2D eigenvalue weighted by molar-refractivity contribution is 7.92. The molecular formula is C25H24F3N3O3S. The van der Waals surface area contributed by atoms with Crippen molar-refractivity contribution in [3.05, 3.63) is 89.5 Å². The van der Waals surface area contributed by atoms with Crippen LogP contribution in [0.3, 0.4) is 0 Å². The minimum absolute atomic E-state index is 0.141. The van der Waals surface area contributed by atoms with Gasteiger partial charge in [-0.2, -0.15) is 13.2 Å². The lowest BCUT2D eigenvalue weighted by Gasteiger charge is -2.36. The first kappa shape index (κ1) is 24.6. The van der Waals surface area contributed by atoms with Gasteiger partial charge in [0.25, 0.3) is 15.9 Å². The van der Waals surface area contributed by atoms with Gasteiger partial charge in [-0.15, -0.1) is 0 Å². The molecule has 1 saturated heterocycles. The fraction of sp³-hybridized carbons (Fsp3) is 0.240. The van der Waals surface area contributed by atoms with Crippen molar-refractivity contribution in [1.29, 1.82) is 0 Å². The van der Waals surface area contributed by atoms with Crippen LogP contribution in [0.25, 0.3) is 0 Å². The van der Waals surface area contributed by atoms with Gasteiger partial charge in [0.15, 0.2) is 0 Å². The third-order valence-corrected chi connectivity index (χ3v) is 7.22. The van der Waals surface area contributed by atoms with Gasteiger partial charge >= 0.3 is 6.18 Å². The number of alkyl halides is 3. The van der Waals surface area contributed by atoms with E-state index < -0.39 is 21.8 Å². The molecule has 0 radical (unpaired) electrons. The van der Waals surface area contributed by atoms with E-state index in [2.05, 4.69) is 4.72 Å². The van der Waals surface area contributed by atoms with Crippen molar-refractivity contribution in [2.45, 2.75) is 18.0 Å². The van der Waals surface area contributed by atoms with Gasteiger partial charge in [-0.25, -0.2) is 8.42 Å². The molecule has 0 atom stereocenters. The number of rotatable bonds is 5. The minimum Gasteiger partial charge on any atom is -0.368 e. The second-order valence-electron chi connectivity index (χ2n) is 8.32.